The molecule has 0 aliphatic carbocycles. The predicted octanol–water partition coefficient (Wildman–Crippen LogP) is 2.43. The second-order valence-electron chi connectivity index (χ2n) is 6.09. The van der Waals surface area contributed by atoms with Gasteiger partial charge in [-0.15, -0.1) is 0 Å². The van der Waals surface area contributed by atoms with Gasteiger partial charge < -0.3 is 15.1 Å². The van der Waals surface area contributed by atoms with Gasteiger partial charge in [0.05, 0.1) is 0 Å². The number of piperazine rings is 1. The predicted molar refractivity (Wildman–Crippen MR) is 84.7 cm³/mol. The molecule has 3 nitrogen and oxygen atoms in total. The van der Waals surface area contributed by atoms with Gasteiger partial charge in [-0.1, -0.05) is 27.7 Å². The van der Waals surface area contributed by atoms with E-state index in [-0.39, 0.29) is 0 Å². The van der Waals surface area contributed by atoms with E-state index in [1.165, 1.54) is 65.1 Å². The van der Waals surface area contributed by atoms with Crippen LogP contribution >= 0.6 is 0 Å². The van der Waals surface area contributed by atoms with Crippen LogP contribution < -0.4 is 5.32 Å². The minimum atomic E-state index is 0.476. The Hall–Kier alpha value is -0.120. The van der Waals surface area contributed by atoms with Gasteiger partial charge in [0.15, 0.2) is 0 Å². The van der Waals surface area contributed by atoms with Crippen LogP contribution in [-0.4, -0.2) is 62.2 Å². The Labute approximate surface area is 120 Å². The van der Waals surface area contributed by atoms with Crippen LogP contribution in [-0.2, 0) is 0 Å². The standard InChI is InChI=1S/C16H35N3/c1-5-9-17-14-16(6-2,7-3)15-19-12-10-18(8-4)11-13-19/h17H,5-15H2,1-4H3. The second-order valence-corrected chi connectivity index (χ2v) is 6.09. The molecule has 0 aromatic rings. The van der Waals surface area contributed by atoms with Gasteiger partial charge in [-0.2, -0.15) is 0 Å². The van der Waals surface area contributed by atoms with Crippen LogP contribution in [0.2, 0.25) is 0 Å². The van der Waals surface area contributed by atoms with Crippen molar-refractivity contribution in [3.05, 3.63) is 0 Å². The molecule has 3 heteroatoms. The lowest BCUT2D eigenvalue weighted by Crippen LogP contribution is -2.51. The highest BCUT2D eigenvalue weighted by Gasteiger charge is 2.29. The largest absolute Gasteiger partial charge is 0.316 e. The van der Waals surface area contributed by atoms with Crippen LogP contribution in [0.25, 0.3) is 0 Å². The van der Waals surface area contributed by atoms with Crippen LogP contribution in [0.1, 0.15) is 47.0 Å². The van der Waals surface area contributed by atoms with E-state index in [0.717, 1.165) is 6.54 Å². The topological polar surface area (TPSA) is 18.5 Å². The van der Waals surface area contributed by atoms with Gasteiger partial charge in [0.2, 0.25) is 0 Å². The highest BCUT2D eigenvalue weighted by Crippen LogP contribution is 2.27. The number of nitrogens with one attached hydrogen (secondary N) is 1. The Morgan fingerprint density at radius 1 is 0.895 bits per heavy atom. The third-order valence-electron chi connectivity index (χ3n) is 4.90. The van der Waals surface area contributed by atoms with Crippen molar-refractivity contribution in [2.45, 2.75) is 47.0 Å². The first-order valence-electron chi connectivity index (χ1n) is 8.35. The highest BCUT2D eigenvalue weighted by atomic mass is 15.3. The maximum Gasteiger partial charge on any atom is 0.0110 e. The summed E-state index contributed by atoms with van der Waals surface area (Å²) >= 11 is 0. The maximum atomic E-state index is 3.65. The zero-order chi connectivity index (χ0) is 14.1. The second kappa shape index (κ2) is 8.93. The van der Waals surface area contributed by atoms with Crippen LogP contribution in [0.15, 0.2) is 0 Å². The summed E-state index contributed by atoms with van der Waals surface area (Å²) in [7, 11) is 0. The maximum absolute atomic E-state index is 3.65. The van der Waals surface area contributed by atoms with Crippen molar-refractivity contribution in [1.82, 2.24) is 15.1 Å². The van der Waals surface area contributed by atoms with Gasteiger partial charge in [0.1, 0.15) is 0 Å². The van der Waals surface area contributed by atoms with Gasteiger partial charge in [-0.05, 0) is 37.8 Å². The molecular weight excluding hydrogens is 234 g/mol. The summed E-state index contributed by atoms with van der Waals surface area (Å²) in [5, 5.41) is 3.65. The van der Waals surface area contributed by atoms with E-state index >= 15 is 0 Å². The first-order valence-corrected chi connectivity index (χ1v) is 8.35. The first-order chi connectivity index (χ1) is 9.19. The highest BCUT2D eigenvalue weighted by molar-refractivity contribution is 4.85. The van der Waals surface area contributed by atoms with Gasteiger partial charge >= 0.3 is 0 Å². The van der Waals surface area contributed by atoms with Crippen LogP contribution in [0.4, 0.5) is 0 Å². The number of likely N-dealkylation sites (N-methyl/N-ethyl adjacent to an activating group) is 1. The van der Waals surface area contributed by atoms with Crippen molar-refractivity contribution in [2.75, 3.05) is 52.4 Å². The lowest BCUT2D eigenvalue weighted by Gasteiger charge is -2.41. The van der Waals surface area contributed by atoms with Crippen molar-refractivity contribution >= 4 is 0 Å². The summed E-state index contributed by atoms with van der Waals surface area (Å²) in [5.74, 6) is 0. The molecule has 0 bridgehead atoms. The average molecular weight is 269 g/mol. The molecule has 1 saturated heterocycles. The lowest BCUT2D eigenvalue weighted by atomic mass is 9.81. The SMILES string of the molecule is CCCNCC(CC)(CC)CN1CCN(CC)CC1. The Morgan fingerprint density at radius 3 is 1.95 bits per heavy atom. The summed E-state index contributed by atoms with van der Waals surface area (Å²) < 4.78 is 0. The normalized spacial score (nSPS) is 18.9. The zero-order valence-electron chi connectivity index (χ0n) is 13.7. The van der Waals surface area contributed by atoms with Crippen molar-refractivity contribution in [3.8, 4) is 0 Å². The Balaban J connectivity index is 2.44. The van der Waals surface area contributed by atoms with Crippen LogP contribution in [0.3, 0.4) is 0 Å². The van der Waals surface area contributed by atoms with Gasteiger partial charge in [-0.25, -0.2) is 0 Å². The third kappa shape index (κ3) is 5.41. The molecule has 0 atom stereocenters. The number of hydrogen-bond acceptors (Lipinski definition) is 3. The minimum absolute atomic E-state index is 0.476. The average Bonchev–Trinajstić information content (AvgIpc) is 2.47. The summed E-state index contributed by atoms with van der Waals surface area (Å²) in [6, 6.07) is 0. The molecule has 0 saturated carbocycles. The monoisotopic (exact) mass is 269 g/mol. The van der Waals surface area contributed by atoms with Crippen LogP contribution in [0.5, 0.6) is 0 Å². The Kier molecular flexibility index (Phi) is 7.96. The van der Waals surface area contributed by atoms with E-state index < -0.39 is 0 Å². The fourth-order valence-electron chi connectivity index (χ4n) is 3.05. The lowest BCUT2D eigenvalue weighted by molar-refractivity contribution is 0.0806. The molecule has 0 aromatic heterocycles. The smallest absolute Gasteiger partial charge is 0.0110 e. The summed E-state index contributed by atoms with van der Waals surface area (Å²) in [4.78, 5) is 5.25. The molecule has 1 N–H and O–H groups in total. The third-order valence-corrected chi connectivity index (χ3v) is 4.90. The number of hydrogen-bond donors (Lipinski definition) is 1. The van der Waals surface area contributed by atoms with E-state index in [1.54, 1.807) is 0 Å². The van der Waals surface area contributed by atoms with E-state index in [4.69, 9.17) is 0 Å². The van der Waals surface area contributed by atoms with E-state index in [1.807, 2.05) is 0 Å². The molecule has 114 valence electrons. The zero-order valence-corrected chi connectivity index (χ0v) is 13.7. The van der Waals surface area contributed by atoms with Gasteiger partial charge in [-0.3, -0.25) is 0 Å². The minimum Gasteiger partial charge on any atom is -0.316 e. The van der Waals surface area contributed by atoms with Crippen molar-refractivity contribution in [3.63, 3.8) is 0 Å². The molecule has 1 aliphatic heterocycles. The molecule has 0 unspecified atom stereocenters. The molecule has 1 aliphatic rings. The summed E-state index contributed by atoms with van der Waals surface area (Å²) in [5.41, 5.74) is 0.476. The molecule has 0 aromatic carbocycles. The Bertz CT molecular complexity index is 218. The fraction of sp³-hybridized carbons (Fsp3) is 1.00. The molecule has 1 heterocycles. The molecule has 1 fully saturated rings. The quantitative estimate of drug-likeness (QED) is 0.649. The molecule has 1 rings (SSSR count). The van der Waals surface area contributed by atoms with E-state index in [0.29, 0.717) is 5.41 Å². The van der Waals surface area contributed by atoms with Crippen molar-refractivity contribution in [2.24, 2.45) is 5.41 Å². The van der Waals surface area contributed by atoms with Crippen molar-refractivity contribution < 1.29 is 0 Å². The number of nitrogens with zero attached hydrogens (tertiary/aromatic N) is 2. The molecule has 0 radical (unpaired) electrons. The summed E-state index contributed by atoms with van der Waals surface area (Å²) in [6.07, 6.45) is 3.81. The van der Waals surface area contributed by atoms with Gasteiger partial charge in [0, 0.05) is 39.3 Å². The first kappa shape index (κ1) is 16.9. The Morgan fingerprint density at radius 2 is 1.47 bits per heavy atom. The molecule has 0 amide bonds. The molecular formula is C16H35N3. The van der Waals surface area contributed by atoms with Gasteiger partial charge in [0.25, 0.3) is 0 Å². The molecule has 0 spiro atoms. The van der Waals surface area contributed by atoms with E-state index in [2.05, 4.69) is 42.8 Å². The molecule has 19 heavy (non-hydrogen) atoms. The fourth-order valence-corrected chi connectivity index (χ4v) is 3.05. The number of rotatable bonds is 9. The summed E-state index contributed by atoms with van der Waals surface area (Å²) in [6.45, 7) is 19.1. The van der Waals surface area contributed by atoms with Crippen molar-refractivity contribution in [1.29, 1.82) is 0 Å². The van der Waals surface area contributed by atoms with Crippen LogP contribution in [0, 0.1) is 5.41 Å². The van der Waals surface area contributed by atoms with E-state index in [9.17, 15) is 0 Å².